The molecule has 4 nitrogen and oxygen atoms in total. The van der Waals surface area contributed by atoms with Crippen molar-refractivity contribution in [2.75, 3.05) is 12.8 Å². The predicted octanol–water partition coefficient (Wildman–Crippen LogP) is 3.05. The molecule has 2 aromatic rings. The van der Waals surface area contributed by atoms with E-state index in [1.54, 1.807) is 0 Å². The second-order valence-corrected chi connectivity index (χ2v) is 8.10. The third-order valence-electron chi connectivity index (χ3n) is 2.66. The smallest absolute Gasteiger partial charge is 0.245 e. The molecular weight excluding hydrogens is 367 g/mol. The number of thiophene rings is 1. The number of nitrogen functional groups attached to an aromatic ring is 1. The van der Waals surface area contributed by atoms with Crippen LogP contribution < -0.4 is 5.73 Å². The molecule has 0 radical (unpaired) electrons. The Hall–Kier alpha value is -0.960. The van der Waals surface area contributed by atoms with Gasteiger partial charge in [0.1, 0.15) is 10.7 Å². The summed E-state index contributed by atoms with van der Waals surface area (Å²) in [5, 5.41) is 1.88. The molecular formula is C12H12BrFN2O2S2. The van der Waals surface area contributed by atoms with Crippen molar-refractivity contribution in [1.82, 2.24) is 4.31 Å². The maximum atomic E-state index is 13.0. The third-order valence-corrected chi connectivity index (χ3v) is 6.22. The lowest BCUT2D eigenvalue weighted by Gasteiger charge is -2.17. The Kier molecular flexibility index (Phi) is 4.48. The Morgan fingerprint density at radius 3 is 2.65 bits per heavy atom. The van der Waals surface area contributed by atoms with Crippen LogP contribution in [-0.2, 0) is 16.6 Å². The first kappa shape index (κ1) is 15.4. The molecule has 0 amide bonds. The molecule has 0 bridgehead atoms. The molecule has 0 aliphatic rings. The molecule has 0 fully saturated rings. The molecule has 0 saturated carbocycles. The number of rotatable bonds is 4. The first-order valence-corrected chi connectivity index (χ1v) is 8.66. The number of anilines is 1. The Bertz CT molecular complexity index is 731. The van der Waals surface area contributed by atoms with E-state index >= 15 is 0 Å². The molecule has 8 heteroatoms. The molecule has 0 aliphatic carbocycles. The molecule has 2 rings (SSSR count). The van der Waals surface area contributed by atoms with Crippen LogP contribution in [0.25, 0.3) is 0 Å². The fraction of sp³-hybridized carbons (Fsp3) is 0.167. The molecule has 0 atom stereocenters. The Labute approximate surface area is 129 Å². The third kappa shape index (κ3) is 3.20. The van der Waals surface area contributed by atoms with Gasteiger partial charge < -0.3 is 5.73 Å². The predicted molar refractivity (Wildman–Crippen MR) is 81.5 cm³/mol. The zero-order valence-electron chi connectivity index (χ0n) is 10.5. The highest BCUT2D eigenvalue weighted by Crippen LogP contribution is 2.26. The first-order valence-electron chi connectivity index (χ1n) is 5.55. The van der Waals surface area contributed by atoms with Gasteiger partial charge in [-0.05, 0) is 40.2 Å². The molecule has 108 valence electrons. The van der Waals surface area contributed by atoms with Crippen LogP contribution >= 0.6 is 27.3 Å². The van der Waals surface area contributed by atoms with E-state index in [0.29, 0.717) is 0 Å². The first-order chi connectivity index (χ1) is 9.30. The summed E-state index contributed by atoms with van der Waals surface area (Å²) >= 11 is 4.77. The van der Waals surface area contributed by atoms with E-state index in [4.69, 9.17) is 5.73 Å². The molecule has 2 N–H and O–H groups in total. The van der Waals surface area contributed by atoms with E-state index in [0.717, 1.165) is 21.5 Å². The highest BCUT2D eigenvalue weighted by molar-refractivity contribution is 9.10. The summed E-state index contributed by atoms with van der Waals surface area (Å²) in [4.78, 5) is 0.806. The Balaban J connectivity index is 2.29. The molecule has 0 unspecified atom stereocenters. The zero-order chi connectivity index (χ0) is 14.9. The van der Waals surface area contributed by atoms with Crippen LogP contribution in [0.15, 0.2) is 39.0 Å². The van der Waals surface area contributed by atoms with Crippen molar-refractivity contribution in [1.29, 1.82) is 0 Å². The van der Waals surface area contributed by atoms with Gasteiger partial charge in [-0.25, -0.2) is 12.8 Å². The minimum absolute atomic E-state index is 0.0861. The maximum Gasteiger partial charge on any atom is 0.245 e. The quantitative estimate of drug-likeness (QED) is 0.831. The summed E-state index contributed by atoms with van der Waals surface area (Å²) in [7, 11) is -2.28. The average molecular weight is 379 g/mol. The van der Waals surface area contributed by atoms with Crippen LogP contribution in [0.4, 0.5) is 10.1 Å². The minimum atomic E-state index is -3.74. The standard InChI is InChI=1S/C12H12BrFN2O2S2/c1-16(6-10-4-8(13)7-19-10)20(17,18)12-3-2-9(14)5-11(12)15/h2-5,7H,6,15H2,1H3. The van der Waals surface area contributed by atoms with Crippen molar-refractivity contribution in [3.05, 3.63) is 44.8 Å². The van der Waals surface area contributed by atoms with E-state index < -0.39 is 15.8 Å². The van der Waals surface area contributed by atoms with Crippen LogP contribution in [0.2, 0.25) is 0 Å². The van der Waals surface area contributed by atoms with Crippen molar-refractivity contribution in [3.63, 3.8) is 0 Å². The Morgan fingerprint density at radius 1 is 1.40 bits per heavy atom. The second-order valence-electron chi connectivity index (χ2n) is 4.17. The number of benzene rings is 1. The number of sulfonamides is 1. The Morgan fingerprint density at radius 2 is 2.10 bits per heavy atom. The van der Waals surface area contributed by atoms with Gasteiger partial charge in [-0.1, -0.05) is 0 Å². The number of nitrogens with zero attached hydrogens (tertiary/aromatic N) is 1. The summed E-state index contributed by atoms with van der Waals surface area (Å²) in [6.45, 7) is 0.232. The van der Waals surface area contributed by atoms with Crippen molar-refractivity contribution >= 4 is 43.0 Å². The van der Waals surface area contributed by atoms with Crippen LogP contribution in [0, 0.1) is 5.82 Å². The fourth-order valence-electron chi connectivity index (χ4n) is 1.66. The average Bonchev–Trinajstić information content (AvgIpc) is 2.74. The van der Waals surface area contributed by atoms with Gasteiger partial charge in [-0.15, -0.1) is 11.3 Å². The lowest BCUT2D eigenvalue weighted by atomic mass is 10.3. The number of halogens is 2. The van der Waals surface area contributed by atoms with Crippen molar-refractivity contribution in [2.45, 2.75) is 11.4 Å². The molecule has 1 aromatic heterocycles. The topological polar surface area (TPSA) is 63.4 Å². The molecule has 0 spiro atoms. The fourth-order valence-corrected chi connectivity index (χ4v) is 4.49. The molecule has 0 saturated heterocycles. The highest BCUT2D eigenvalue weighted by atomic mass is 79.9. The van der Waals surface area contributed by atoms with Crippen molar-refractivity contribution in [3.8, 4) is 0 Å². The number of hydrogen-bond donors (Lipinski definition) is 1. The van der Waals surface area contributed by atoms with E-state index in [1.807, 2.05) is 11.4 Å². The van der Waals surface area contributed by atoms with Gasteiger partial charge in [0.25, 0.3) is 0 Å². The number of hydrogen-bond acceptors (Lipinski definition) is 4. The monoisotopic (exact) mass is 378 g/mol. The van der Waals surface area contributed by atoms with E-state index in [1.165, 1.54) is 28.8 Å². The van der Waals surface area contributed by atoms with Gasteiger partial charge in [0, 0.05) is 28.3 Å². The summed E-state index contributed by atoms with van der Waals surface area (Å²) in [5.41, 5.74) is 5.50. The van der Waals surface area contributed by atoms with Crippen LogP contribution in [-0.4, -0.2) is 19.8 Å². The van der Waals surface area contributed by atoms with Crippen LogP contribution in [0.1, 0.15) is 4.88 Å². The minimum Gasteiger partial charge on any atom is -0.398 e. The summed E-state index contributed by atoms with van der Waals surface area (Å²) < 4.78 is 39.9. The molecule has 1 heterocycles. The van der Waals surface area contributed by atoms with Gasteiger partial charge in [0.2, 0.25) is 10.0 Å². The maximum absolute atomic E-state index is 13.0. The summed E-state index contributed by atoms with van der Waals surface area (Å²) in [6.07, 6.45) is 0. The van der Waals surface area contributed by atoms with E-state index in [-0.39, 0.29) is 17.1 Å². The number of nitrogens with two attached hydrogens (primary N) is 1. The van der Waals surface area contributed by atoms with Gasteiger partial charge in [-0.3, -0.25) is 0 Å². The summed E-state index contributed by atoms with van der Waals surface area (Å²) in [6, 6.07) is 5.12. The second kappa shape index (κ2) is 5.80. The molecule has 20 heavy (non-hydrogen) atoms. The lowest BCUT2D eigenvalue weighted by Crippen LogP contribution is -2.26. The van der Waals surface area contributed by atoms with Gasteiger partial charge in [-0.2, -0.15) is 4.31 Å². The SMILES string of the molecule is CN(Cc1cc(Br)cs1)S(=O)(=O)c1ccc(F)cc1N. The zero-order valence-corrected chi connectivity index (χ0v) is 13.7. The highest BCUT2D eigenvalue weighted by Gasteiger charge is 2.24. The molecule has 0 aliphatic heterocycles. The van der Waals surface area contributed by atoms with Crippen molar-refractivity contribution < 1.29 is 12.8 Å². The van der Waals surface area contributed by atoms with Gasteiger partial charge in [0.15, 0.2) is 0 Å². The van der Waals surface area contributed by atoms with Gasteiger partial charge >= 0.3 is 0 Å². The van der Waals surface area contributed by atoms with Crippen LogP contribution in [0.5, 0.6) is 0 Å². The van der Waals surface area contributed by atoms with E-state index in [2.05, 4.69) is 15.9 Å². The van der Waals surface area contributed by atoms with E-state index in [9.17, 15) is 12.8 Å². The van der Waals surface area contributed by atoms with Gasteiger partial charge in [0.05, 0.1) is 5.69 Å². The largest absolute Gasteiger partial charge is 0.398 e. The summed E-state index contributed by atoms with van der Waals surface area (Å²) in [5.74, 6) is -0.564. The molecule has 1 aromatic carbocycles. The van der Waals surface area contributed by atoms with Crippen molar-refractivity contribution in [2.24, 2.45) is 0 Å². The van der Waals surface area contributed by atoms with Crippen LogP contribution in [0.3, 0.4) is 0 Å². The lowest BCUT2D eigenvalue weighted by molar-refractivity contribution is 0.470. The normalized spacial score (nSPS) is 12.0.